The predicted molar refractivity (Wildman–Crippen MR) is 59.9 cm³/mol. The first-order valence-electron chi connectivity index (χ1n) is 5.29. The molecule has 0 aliphatic rings. The highest BCUT2D eigenvalue weighted by Gasteiger charge is 1.88. The molecule has 0 aliphatic heterocycles. The lowest BCUT2D eigenvalue weighted by Gasteiger charge is -1.98. The molecule has 0 saturated heterocycles. The maximum atomic E-state index is 5.28. The van der Waals surface area contributed by atoms with Crippen molar-refractivity contribution in [2.24, 2.45) is 11.7 Å². The van der Waals surface area contributed by atoms with Crippen LogP contribution in [0.5, 0.6) is 0 Å². The molecule has 82 valence electrons. The summed E-state index contributed by atoms with van der Waals surface area (Å²) in [4.78, 5) is 0. The van der Waals surface area contributed by atoms with Crippen molar-refractivity contribution < 1.29 is 4.74 Å². The Kier molecular flexibility index (Phi) is 14.1. The molecule has 0 aromatic carbocycles. The summed E-state index contributed by atoms with van der Waals surface area (Å²) in [6, 6.07) is 0.176. The second-order valence-electron chi connectivity index (χ2n) is 3.97. The second-order valence-corrected chi connectivity index (χ2v) is 3.97. The molecule has 0 rings (SSSR count). The zero-order chi connectivity index (χ0) is 10.7. The van der Waals surface area contributed by atoms with Gasteiger partial charge in [0.1, 0.15) is 0 Å². The Morgan fingerprint density at radius 3 is 1.85 bits per heavy atom. The van der Waals surface area contributed by atoms with Gasteiger partial charge in [0, 0.05) is 13.2 Å². The first-order valence-corrected chi connectivity index (χ1v) is 5.29. The Balaban J connectivity index is 0. The fraction of sp³-hybridized carbons (Fsp3) is 1.00. The molecule has 2 heteroatoms. The SMILES string of the molecule is CCCCC(C)C.COCC(C)N. The van der Waals surface area contributed by atoms with Crippen LogP contribution < -0.4 is 5.73 Å². The number of rotatable bonds is 5. The molecule has 2 N–H and O–H groups in total. The van der Waals surface area contributed by atoms with Crippen molar-refractivity contribution in [3.63, 3.8) is 0 Å². The molecule has 0 bridgehead atoms. The molecule has 0 spiro atoms. The number of unbranched alkanes of at least 4 members (excludes halogenated alkanes) is 1. The van der Waals surface area contributed by atoms with Crippen molar-refractivity contribution >= 4 is 0 Å². The van der Waals surface area contributed by atoms with Crippen LogP contribution in [0.25, 0.3) is 0 Å². The van der Waals surface area contributed by atoms with Gasteiger partial charge in [0.05, 0.1) is 6.61 Å². The Hall–Kier alpha value is -0.0800. The highest BCUT2D eigenvalue weighted by molar-refractivity contribution is 4.45. The number of nitrogens with two attached hydrogens (primary N) is 1. The summed E-state index contributed by atoms with van der Waals surface area (Å²) >= 11 is 0. The highest BCUT2D eigenvalue weighted by Crippen LogP contribution is 2.04. The van der Waals surface area contributed by atoms with E-state index in [9.17, 15) is 0 Å². The molecule has 0 amide bonds. The Bertz CT molecular complexity index is 82.2. The van der Waals surface area contributed by atoms with E-state index in [1.807, 2.05) is 6.92 Å². The number of hydrogen-bond donors (Lipinski definition) is 1. The number of methoxy groups -OCH3 is 1. The molecule has 0 saturated carbocycles. The van der Waals surface area contributed by atoms with Crippen molar-refractivity contribution in [3.8, 4) is 0 Å². The van der Waals surface area contributed by atoms with Crippen molar-refractivity contribution in [2.45, 2.75) is 53.0 Å². The van der Waals surface area contributed by atoms with E-state index in [-0.39, 0.29) is 6.04 Å². The summed E-state index contributed by atoms with van der Waals surface area (Å²) in [5, 5.41) is 0. The van der Waals surface area contributed by atoms with Crippen LogP contribution in [-0.4, -0.2) is 19.8 Å². The maximum absolute atomic E-state index is 5.28. The minimum atomic E-state index is 0.176. The minimum absolute atomic E-state index is 0.176. The summed E-state index contributed by atoms with van der Waals surface area (Å²) in [6.07, 6.45) is 4.15. The summed E-state index contributed by atoms with van der Waals surface area (Å²) < 4.78 is 4.68. The molecule has 1 atom stereocenters. The van der Waals surface area contributed by atoms with Crippen LogP contribution in [0.2, 0.25) is 0 Å². The van der Waals surface area contributed by atoms with E-state index in [4.69, 9.17) is 5.73 Å². The molecule has 0 aliphatic carbocycles. The fourth-order valence-corrected chi connectivity index (χ4v) is 0.875. The van der Waals surface area contributed by atoms with E-state index in [0.717, 1.165) is 5.92 Å². The van der Waals surface area contributed by atoms with Gasteiger partial charge in [-0.2, -0.15) is 0 Å². The molecule has 0 radical (unpaired) electrons. The lowest BCUT2D eigenvalue weighted by Crippen LogP contribution is -2.20. The van der Waals surface area contributed by atoms with Gasteiger partial charge in [-0.3, -0.25) is 0 Å². The van der Waals surface area contributed by atoms with E-state index in [1.54, 1.807) is 7.11 Å². The number of ether oxygens (including phenoxy) is 1. The molecule has 2 nitrogen and oxygen atoms in total. The van der Waals surface area contributed by atoms with Gasteiger partial charge in [-0.1, -0.05) is 40.0 Å². The summed E-state index contributed by atoms with van der Waals surface area (Å²) in [5.74, 6) is 0.903. The van der Waals surface area contributed by atoms with Crippen molar-refractivity contribution in [1.82, 2.24) is 0 Å². The molecule has 13 heavy (non-hydrogen) atoms. The van der Waals surface area contributed by atoms with Crippen LogP contribution in [-0.2, 0) is 4.74 Å². The van der Waals surface area contributed by atoms with E-state index in [0.29, 0.717) is 6.61 Å². The Morgan fingerprint density at radius 1 is 1.23 bits per heavy atom. The normalized spacial score (nSPS) is 12.2. The van der Waals surface area contributed by atoms with Crippen LogP contribution in [0.15, 0.2) is 0 Å². The first-order chi connectivity index (χ1) is 6.04. The summed E-state index contributed by atoms with van der Waals surface area (Å²) in [7, 11) is 1.64. The van der Waals surface area contributed by atoms with Crippen LogP contribution in [0.3, 0.4) is 0 Å². The Labute approximate surface area is 83.8 Å². The van der Waals surface area contributed by atoms with Crippen LogP contribution in [0.1, 0.15) is 47.0 Å². The van der Waals surface area contributed by atoms with Gasteiger partial charge in [0.2, 0.25) is 0 Å². The molecule has 1 unspecified atom stereocenters. The smallest absolute Gasteiger partial charge is 0.0611 e. The van der Waals surface area contributed by atoms with Gasteiger partial charge < -0.3 is 10.5 Å². The Morgan fingerprint density at radius 2 is 1.77 bits per heavy atom. The van der Waals surface area contributed by atoms with Gasteiger partial charge in [0.15, 0.2) is 0 Å². The molecule has 0 aromatic heterocycles. The fourth-order valence-electron chi connectivity index (χ4n) is 0.875. The van der Waals surface area contributed by atoms with Crippen LogP contribution >= 0.6 is 0 Å². The third-order valence-corrected chi connectivity index (χ3v) is 1.56. The first kappa shape index (κ1) is 15.4. The monoisotopic (exact) mass is 189 g/mol. The highest BCUT2D eigenvalue weighted by atomic mass is 16.5. The maximum Gasteiger partial charge on any atom is 0.0611 e. The molecule has 0 heterocycles. The molecular formula is C11H27NO. The average molecular weight is 189 g/mol. The third kappa shape index (κ3) is 24.5. The molecular weight excluding hydrogens is 162 g/mol. The van der Waals surface area contributed by atoms with E-state index >= 15 is 0 Å². The summed E-state index contributed by atoms with van der Waals surface area (Å²) in [6.45, 7) is 9.34. The van der Waals surface area contributed by atoms with Gasteiger partial charge in [0.25, 0.3) is 0 Å². The van der Waals surface area contributed by atoms with E-state index < -0.39 is 0 Å². The zero-order valence-corrected chi connectivity index (χ0v) is 9.97. The lowest BCUT2D eigenvalue weighted by molar-refractivity contribution is 0.185. The van der Waals surface area contributed by atoms with Crippen molar-refractivity contribution in [1.29, 1.82) is 0 Å². The minimum Gasteiger partial charge on any atom is -0.383 e. The van der Waals surface area contributed by atoms with Gasteiger partial charge >= 0.3 is 0 Å². The quantitative estimate of drug-likeness (QED) is 0.722. The lowest BCUT2D eigenvalue weighted by atomic mass is 10.1. The van der Waals surface area contributed by atoms with Gasteiger partial charge in [-0.05, 0) is 12.8 Å². The molecule has 0 aromatic rings. The van der Waals surface area contributed by atoms with Crippen LogP contribution in [0.4, 0.5) is 0 Å². The van der Waals surface area contributed by atoms with E-state index in [2.05, 4.69) is 25.5 Å². The number of hydrogen-bond acceptors (Lipinski definition) is 2. The third-order valence-electron chi connectivity index (χ3n) is 1.56. The van der Waals surface area contributed by atoms with Gasteiger partial charge in [-0.25, -0.2) is 0 Å². The van der Waals surface area contributed by atoms with Gasteiger partial charge in [-0.15, -0.1) is 0 Å². The van der Waals surface area contributed by atoms with Crippen molar-refractivity contribution in [3.05, 3.63) is 0 Å². The van der Waals surface area contributed by atoms with E-state index in [1.165, 1.54) is 19.3 Å². The largest absolute Gasteiger partial charge is 0.383 e. The summed E-state index contributed by atoms with van der Waals surface area (Å²) in [5.41, 5.74) is 5.28. The average Bonchev–Trinajstić information content (AvgIpc) is 2.01. The topological polar surface area (TPSA) is 35.2 Å². The van der Waals surface area contributed by atoms with Crippen molar-refractivity contribution in [2.75, 3.05) is 13.7 Å². The van der Waals surface area contributed by atoms with Crippen LogP contribution in [0, 0.1) is 5.92 Å². The predicted octanol–water partition coefficient (Wildman–Crippen LogP) is 2.81. The zero-order valence-electron chi connectivity index (χ0n) is 9.97. The second kappa shape index (κ2) is 11.9. The standard InChI is InChI=1S/C7H16.C4H11NO/c1-4-5-6-7(2)3;1-4(5)3-6-2/h7H,4-6H2,1-3H3;4H,3,5H2,1-2H3. The molecule has 0 fully saturated rings.